The molecule has 0 spiro atoms. The molecule has 5 nitrogen and oxygen atoms in total. The highest BCUT2D eigenvalue weighted by molar-refractivity contribution is 9.10. The molecule has 0 unspecified atom stereocenters. The maximum Gasteiger partial charge on any atom is 0.263 e. The van der Waals surface area contributed by atoms with Crippen LogP contribution < -0.4 is 5.32 Å². The van der Waals surface area contributed by atoms with E-state index in [1.165, 1.54) is 11.8 Å². The van der Waals surface area contributed by atoms with E-state index in [2.05, 4.69) is 26.2 Å². The molecule has 104 valence electrons. The molecular formula is C11H14BrN3O2S2. The number of pyridine rings is 1. The molecule has 0 amide bonds. The van der Waals surface area contributed by atoms with Gasteiger partial charge in [0.2, 0.25) is 0 Å². The predicted octanol–water partition coefficient (Wildman–Crippen LogP) is 3.11. The molecule has 1 N–H and O–H groups in total. The van der Waals surface area contributed by atoms with Crippen LogP contribution in [0.2, 0.25) is 0 Å². The third kappa shape index (κ3) is 6.84. The predicted molar refractivity (Wildman–Crippen MR) is 84.7 cm³/mol. The molecule has 0 radical (unpaired) electrons. The second-order valence-corrected chi connectivity index (χ2v) is 6.20. The molecule has 0 atom stereocenters. The van der Waals surface area contributed by atoms with Crippen LogP contribution >= 0.6 is 39.5 Å². The highest BCUT2D eigenvalue weighted by atomic mass is 79.9. The summed E-state index contributed by atoms with van der Waals surface area (Å²) >= 11 is 6.51. The molecule has 19 heavy (non-hydrogen) atoms. The van der Waals surface area contributed by atoms with Crippen LogP contribution in [0.4, 0.5) is 0 Å². The van der Waals surface area contributed by atoms with Crippen molar-refractivity contribution in [1.82, 2.24) is 10.3 Å². The van der Waals surface area contributed by atoms with Crippen LogP contribution in [0.1, 0.15) is 5.69 Å². The van der Waals surface area contributed by atoms with Crippen molar-refractivity contribution in [3.8, 4) is 0 Å². The average Bonchev–Trinajstić information content (AvgIpc) is 2.38. The quantitative estimate of drug-likeness (QED) is 0.434. The molecule has 1 aromatic rings. The number of rotatable bonds is 8. The SMILES string of the molecule is CS/C(=C/[N+](=O)[O-])NCCSCc1ncccc1Br. The number of hydrogen-bond donors (Lipinski definition) is 1. The van der Waals surface area contributed by atoms with E-state index in [0.717, 1.165) is 27.9 Å². The van der Waals surface area contributed by atoms with Gasteiger partial charge in [-0.25, -0.2) is 0 Å². The molecule has 8 heteroatoms. The zero-order valence-corrected chi connectivity index (χ0v) is 13.6. The van der Waals surface area contributed by atoms with Crippen molar-refractivity contribution in [1.29, 1.82) is 0 Å². The Morgan fingerprint density at radius 3 is 3.11 bits per heavy atom. The highest BCUT2D eigenvalue weighted by Crippen LogP contribution is 2.18. The minimum absolute atomic E-state index is 0.447. The number of nitrogens with zero attached hydrogens (tertiary/aromatic N) is 2. The van der Waals surface area contributed by atoms with E-state index in [-0.39, 0.29) is 0 Å². The van der Waals surface area contributed by atoms with Crippen molar-refractivity contribution >= 4 is 39.5 Å². The molecule has 0 aliphatic carbocycles. The second kappa shape index (κ2) is 9.22. The van der Waals surface area contributed by atoms with Gasteiger partial charge in [-0.15, -0.1) is 11.8 Å². The zero-order valence-electron chi connectivity index (χ0n) is 10.3. The Morgan fingerprint density at radius 2 is 2.47 bits per heavy atom. The van der Waals surface area contributed by atoms with Gasteiger partial charge in [-0.2, -0.15) is 11.8 Å². The fourth-order valence-electron chi connectivity index (χ4n) is 1.21. The molecule has 1 rings (SSSR count). The van der Waals surface area contributed by atoms with Crippen molar-refractivity contribution < 1.29 is 4.92 Å². The summed E-state index contributed by atoms with van der Waals surface area (Å²) in [5, 5.41) is 13.9. The first kappa shape index (κ1) is 16.3. The van der Waals surface area contributed by atoms with Crippen molar-refractivity contribution in [2.75, 3.05) is 18.6 Å². The molecule has 0 aliphatic rings. The van der Waals surface area contributed by atoms with Crippen LogP contribution in [0.25, 0.3) is 0 Å². The van der Waals surface area contributed by atoms with Crippen molar-refractivity contribution in [2.24, 2.45) is 0 Å². The van der Waals surface area contributed by atoms with Gasteiger partial charge in [0.1, 0.15) is 5.03 Å². The van der Waals surface area contributed by atoms with E-state index in [4.69, 9.17) is 0 Å². The van der Waals surface area contributed by atoms with E-state index in [1.807, 2.05) is 12.1 Å². The monoisotopic (exact) mass is 363 g/mol. The molecule has 1 heterocycles. The lowest BCUT2D eigenvalue weighted by molar-refractivity contribution is -0.403. The second-order valence-electron chi connectivity index (χ2n) is 3.39. The van der Waals surface area contributed by atoms with E-state index < -0.39 is 4.92 Å². The fraction of sp³-hybridized carbons (Fsp3) is 0.364. The standard InChI is InChI=1S/C11H14BrN3O2S2/c1-18-11(7-15(16)17)14-5-6-19-8-10-9(12)3-2-4-13-10/h2-4,7,14H,5-6,8H2,1H3/b11-7+. The van der Waals surface area contributed by atoms with Crippen LogP contribution in [-0.4, -0.2) is 28.5 Å². The topological polar surface area (TPSA) is 68.1 Å². The van der Waals surface area contributed by atoms with Crippen LogP contribution in [0, 0.1) is 10.1 Å². The number of aromatic nitrogens is 1. The van der Waals surface area contributed by atoms with Gasteiger partial charge in [-0.1, -0.05) is 0 Å². The van der Waals surface area contributed by atoms with E-state index in [9.17, 15) is 10.1 Å². The van der Waals surface area contributed by atoms with Crippen molar-refractivity contribution in [3.05, 3.63) is 49.8 Å². The number of nitro groups is 1. The minimum Gasteiger partial charge on any atom is -0.374 e. The maximum absolute atomic E-state index is 10.3. The summed E-state index contributed by atoms with van der Waals surface area (Å²) in [4.78, 5) is 14.2. The maximum atomic E-state index is 10.3. The number of nitrogens with one attached hydrogen (secondary N) is 1. The van der Waals surface area contributed by atoms with Gasteiger partial charge >= 0.3 is 0 Å². The van der Waals surface area contributed by atoms with Crippen molar-refractivity contribution in [3.63, 3.8) is 0 Å². The van der Waals surface area contributed by atoms with Gasteiger partial charge in [-0.3, -0.25) is 15.1 Å². The summed E-state index contributed by atoms with van der Waals surface area (Å²) in [6.45, 7) is 0.690. The molecule has 0 bridgehead atoms. The van der Waals surface area contributed by atoms with Crippen LogP contribution in [0.15, 0.2) is 34.0 Å². The van der Waals surface area contributed by atoms with E-state index in [0.29, 0.717) is 11.6 Å². The highest BCUT2D eigenvalue weighted by Gasteiger charge is 2.02. The molecule has 0 saturated carbocycles. The third-order valence-electron chi connectivity index (χ3n) is 2.06. The molecule has 0 fully saturated rings. The summed E-state index contributed by atoms with van der Waals surface area (Å²) < 4.78 is 1.01. The van der Waals surface area contributed by atoms with Gasteiger partial charge in [-0.05, 0) is 34.3 Å². The molecule has 0 saturated heterocycles. The van der Waals surface area contributed by atoms with Gasteiger partial charge in [0, 0.05) is 28.7 Å². The van der Waals surface area contributed by atoms with Gasteiger partial charge in [0.15, 0.2) is 0 Å². The smallest absolute Gasteiger partial charge is 0.263 e. The van der Waals surface area contributed by atoms with Gasteiger partial charge in [0.25, 0.3) is 6.20 Å². The van der Waals surface area contributed by atoms with Crippen LogP contribution in [0.3, 0.4) is 0 Å². The first-order chi connectivity index (χ1) is 9.13. The lowest BCUT2D eigenvalue weighted by Gasteiger charge is -2.06. The summed E-state index contributed by atoms with van der Waals surface area (Å²) in [5.41, 5.74) is 1.01. The Morgan fingerprint density at radius 1 is 1.68 bits per heavy atom. The first-order valence-corrected chi connectivity index (χ1v) is 8.61. The Balaban J connectivity index is 2.25. The first-order valence-electron chi connectivity index (χ1n) is 5.43. The molecule has 0 aromatic carbocycles. The summed E-state index contributed by atoms with van der Waals surface area (Å²) in [6.07, 6.45) is 4.57. The lowest BCUT2D eigenvalue weighted by Crippen LogP contribution is -2.15. The Bertz CT molecular complexity index is 457. The number of hydrogen-bond acceptors (Lipinski definition) is 6. The Labute approximate surface area is 128 Å². The van der Waals surface area contributed by atoms with Crippen LogP contribution in [-0.2, 0) is 5.75 Å². The Kier molecular flexibility index (Phi) is 7.92. The number of halogens is 1. The average molecular weight is 364 g/mol. The summed E-state index contributed by atoms with van der Waals surface area (Å²) in [6, 6.07) is 3.85. The third-order valence-corrected chi connectivity index (χ3v) is 4.44. The van der Waals surface area contributed by atoms with Gasteiger partial charge in [0.05, 0.1) is 10.6 Å². The minimum atomic E-state index is -0.447. The normalized spacial score (nSPS) is 11.4. The Hall–Kier alpha value is -0.730. The summed E-state index contributed by atoms with van der Waals surface area (Å²) in [7, 11) is 0. The largest absolute Gasteiger partial charge is 0.374 e. The fourth-order valence-corrected chi connectivity index (χ4v) is 3.04. The van der Waals surface area contributed by atoms with Crippen LogP contribution in [0.5, 0.6) is 0 Å². The lowest BCUT2D eigenvalue weighted by atomic mass is 10.4. The number of thioether (sulfide) groups is 2. The molecule has 0 aliphatic heterocycles. The van der Waals surface area contributed by atoms with E-state index in [1.54, 1.807) is 24.2 Å². The van der Waals surface area contributed by atoms with Crippen molar-refractivity contribution in [2.45, 2.75) is 5.75 Å². The summed E-state index contributed by atoms with van der Waals surface area (Å²) in [5.74, 6) is 1.68. The molecular weight excluding hydrogens is 350 g/mol. The molecule has 1 aromatic heterocycles. The van der Waals surface area contributed by atoms with E-state index >= 15 is 0 Å². The van der Waals surface area contributed by atoms with Gasteiger partial charge < -0.3 is 5.32 Å². The zero-order chi connectivity index (χ0) is 14.1.